The normalized spacial score (nSPS) is 21.3. The zero-order valence-corrected chi connectivity index (χ0v) is 11.2. The number of tetrazole rings is 1. The molecule has 102 valence electrons. The van der Waals surface area contributed by atoms with Crippen LogP contribution in [0.5, 0.6) is 0 Å². The molecule has 1 N–H and O–H groups in total. The van der Waals surface area contributed by atoms with Gasteiger partial charge in [-0.3, -0.25) is 4.90 Å². The number of aryl methyl sites for hydroxylation is 1. The van der Waals surface area contributed by atoms with E-state index in [1.165, 1.54) is 4.80 Å². The molecule has 2 rings (SSSR count). The fourth-order valence-corrected chi connectivity index (χ4v) is 2.10. The number of nitrogens with one attached hydrogen (secondary N) is 1. The summed E-state index contributed by atoms with van der Waals surface area (Å²) in [5.74, 6) is 0.778. The molecule has 2 heterocycles. The third-order valence-corrected chi connectivity index (χ3v) is 3.05. The molecule has 18 heavy (non-hydrogen) atoms. The van der Waals surface area contributed by atoms with E-state index in [1.807, 2.05) is 0 Å². The highest BCUT2D eigenvalue weighted by molar-refractivity contribution is 4.84. The molecular weight excluding hydrogens is 232 g/mol. The van der Waals surface area contributed by atoms with Crippen molar-refractivity contribution in [2.45, 2.75) is 25.9 Å². The first-order chi connectivity index (χ1) is 8.79. The molecule has 1 unspecified atom stereocenters. The van der Waals surface area contributed by atoms with Crippen LogP contribution in [0.4, 0.5) is 0 Å². The van der Waals surface area contributed by atoms with Crippen molar-refractivity contribution in [1.29, 1.82) is 0 Å². The van der Waals surface area contributed by atoms with Crippen molar-refractivity contribution in [2.24, 2.45) is 7.05 Å². The van der Waals surface area contributed by atoms with Crippen molar-refractivity contribution in [2.75, 3.05) is 32.8 Å². The van der Waals surface area contributed by atoms with E-state index in [9.17, 15) is 0 Å². The van der Waals surface area contributed by atoms with E-state index in [1.54, 1.807) is 7.05 Å². The van der Waals surface area contributed by atoms with Gasteiger partial charge >= 0.3 is 0 Å². The van der Waals surface area contributed by atoms with Crippen molar-refractivity contribution in [1.82, 2.24) is 30.4 Å². The zero-order chi connectivity index (χ0) is 12.8. The summed E-state index contributed by atoms with van der Waals surface area (Å²) in [6.07, 6.45) is 1.15. The van der Waals surface area contributed by atoms with Crippen LogP contribution in [0.1, 0.15) is 19.2 Å². The minimum Gasteiger partial charge on any atom is -0.378 e. The molecule has 7 heteroatoms. The Morgan fingerprint density at radius 1 is 1.50 bits per heavy atom. The van der Waals surface area contributed by atoms with Crippen LogP contribution in [-0.2, 0) is 18.3 Å². The van der Waals surface area contributed by atoms with Gasteiger partial charge in [0.15, 0.2) is 5.82 Å². The second kappa shape index (κ2) is 6.77. The SMILES string of the molecule is CCCNCC1COCCN1Cc1nnn(C)n1. The summed E-state index contributed by atoms with van der Waals surface area (Å²) in [5, 5.41) is 15.6. The topological polar surface area (TPSA) is 68.1 Å². The molecule has 1 atom stereocenters. The molecule has 0 bridgehead atoms. The van der Waals surface area contributed by atoms with Gasteiger partial charge in [0.2, 0.25) is 0 Å². The summed E-state index contributed by atoms with van der Waals surface area (Å²) in [7, 11) is 1.79. The van der Waals surface area contributed by atoms with Crippen LogP contribution in [-0.4, -0.2) is 64.0 Å². The van der Waals surface area contributed by atoms with Crippen molar-refractivity contribution in [3.63, 3.8) is 0 Å². The minimum atomic E-state index is 0.397. The number of nitrogens with zero attached hydrogens (tertiary/aromatic N) is 5. The lowest BCUT2D eigenvalue weighted by molar-refractivity contribution is -0.0120. The summed E-state index contributed by atoms with van der Waals surface area (Å²) in [4.78, 5) is 3.86. The quantitative estimate of drug-likeness (QED) is 0.684. The van der Waals surface area contributed by atoms with Crippen molar-refractivity contribution in [3.05, 3.63) is 5.82 Å². The predicted octanol–water partition coefficient (Wildman–Crippen LogP) is -0.589. The molecular formula is C11H22N6O. The smallest absolute Gasteiger partial charge is 0.188 e. The fourth-order valence-electron chi connectivity index (χ4n) is 2.10. The van der Waals surface area contributed by atoms with Gasteiger partial charge in [0.25, 0.3) is 0 Å². The van der Waals surface area contributed by atoms with Crippen LogP contribution in [0.25, 0.3) is 0 Å². The average Bonchev–Trinajstić information content (AvgIpc) is 2.77. The van der Waals surface area contributed by atoms with E-state index >= 15 is 0 Å². The fraction of sp³-hybridized carbons (Fsp3) is 0.909. The Bertz CT molecular complexity index is 355. The second-order valence-electron chi connectivity index (χ2n) is 4.60. The minimum absolute atomic E-state index is 0.397. The molecule has 1 fully saturated rings. The summed E-state index contributed by atoms with van der Waals surface area (Å²) >= 11 is 0. The van der Waals surface area contributed by atoms with Gasteiger partial charge in [-0.2, -0.15) is 4.80 Å². The van der Waals surface area contributed by atoms with Gasteiger partial charge in [0, 0.05) is 19.1 Å². The van der Waals surface area contributed by atoms with Gasteiger partial charge in [-0.1, -0.05) is 6.92 Å². The van der Waals surface area contributed by atoms with Gasteiger partial charge in [0.05, 0.1) is 26.8 Å². The maximum Gasteiger partial charge on any atom is 0.188 e. The summed E-state index contributed by atoms with van der Waals surface area (Å²) < 4.78 is 5.54. The lowest BCUT2D eigenvalue weighted by Crippen LogP contribution is -2.50. The lowest BCUT2D eigenvalue weighted by Gasteiger charge is -2.34. The Balaban J connectivity index is 1.86. The Kier molecular flexibility index (Phi) is 5.03. The third kappa shape index (κ3) is 3.72. The number of morpholine rings is 1. The Hall–Kier alpha value is -1.05. The van der Waals surface area contributed by atoms with Gasteiger partial charge in [0.1, 0.15) is 0 Å². The van der Waals surface area contributed by atoms with Crippen molar-refractivity contribution < 1.29 is 4.74 Å². The monoisotopic (exact) mass is 254 g/mol. The molecule has 0 aliphatic carbocycles. The van der Waals surface area contributed by atoms with Crippen molar-refractivity contribution in [3.8, 4) is 0 Å². The van der Waals surface area contributed by atoms with Crippen LogP contribution in [0.15, 0.2) is 0 Å². The first-order valence-corrected chi connectivity index (χ1v) is 6.55. The van der Waals surface area contributed by atoms with Gasteiger partial charge < -0.3 is 10.1 Å². The average molecular weight is 254 g/mol. The molecule has 0 radical (unpaired) electrons. The Morgan fingerprint density at radius 3 is 3.11 bits per heavy atom. The molecule has 1 aromatic heterocycles. The van der Waals surface area contributed by atoms with Gasteiger partial charge in [-0.25, -0.2) is 0 Å². The van der Waals surface area contributed by atoms with Crippen LogP contribution in [0, 0.1) is 0 Å². The van der Waals surface area contributed by atoms with E-state index in [4.69, 9.17) is 4.74 Å². The van der Waals surface area contributed by atoms with Crippen molar-refractivity contribution >= 4 is 0 Å². The molecule has 0 saturated carbocycles. The molecule has 0 amide bonds. The number of aromatic nitrogens is 4. The maximum absolute atomic E-state index is 5.54. The number of hydrogen-bond acceptors (Lipinski definition) is 6. The van der Waals surface area contributed by atoms with E-state index < -0.39 is 0 Å². The zero-order valence-electron chi connectivity index (χ0n) is 11.2. The Labute approximate surface area is 107 Å². The van der Waals surface area contributed by atoms with E-state index in [0.717, 1.165) is 51.6 Å². The number of ether oxygens (including phenoxy) is 1. The van der Waals surface area contributed by atoms with E-state index in [0.29, 0.717) is 6.04 Å². The van der Waals surface area contributed by atoms with E-state index in [2.05, 4.69) is 32.6 Å². The molecule has 1 aliphatic rings. The first kappa shape index (κ1) is 13.4. The van der Waals surface area contributed by atoms with Crippen LogP contribution in [0.2, 0.25) is 0 Å². The summed E-state index contributed by atoms with van der Waals surface area (Å²) in [5.41, 5.74) is 0. The summed E-state index contributed by atoms with van der Waals surface area (Å²) in [6, 6.07) is 0.397. The molecule has 1 saturated heterocycles. The maximum atomic E-state index is 5.54. The van der Waals surface area contributed by atoms with Gasteiger partial charge in [-0.05, 0) is 18.2 Å². The highest BCUT2D eigenvalue weighted by Gasteiger charge is 2.23. The van der Waals surface area contributed by atoms with E-state index in [-0.39, 0.29) is 0 Å². The standard InChI is InChI=1S/C11H22N6O/c1-3-4-12-7-10-9-18-6-5-17(10)8-11-13-15-16(2)14-11/h10,12H,3-9H2,1-2H3. The van der Waals surface area contributed by atoms with Crippen LogP contribution in [0.3, 0.4) is 0 Å². The highest BCUT2D eigenvalue weighted by Crippen LogP contribution is 2.09. The highest BCUT2D eigenvalue weighted by atomic mass is 16.5. The molecule has 1 aliphatic heterocycles. The van der Waals surface area contributed by atoms with Crippen LogP contribution < -0.4 is 5.32 Å². The Morgan fingerprint density at radius 2 is 2.39 bits per heavy atom. The second-order valence-corrected chi connectivity index (χ2v) is 4.60. The summed E-state index contributed by atoms with van der Waals surface area (Å²) in [6.45, 7) is 7.40. The first-order valence-electron chi connectivity index (χ1n) is 6.55. The number of rotatable bonds is 6. The molecule has 7 nitrogen and oxygen atoms in total. The molecule has 0 aromatic carbocycles. The third-order valence-electron chi connectivity index (χ3n) is 3.05. The van der Waals surface area contributed by atoms with Gasteiger partial charge in [-0.15, -0.1) is 10.2 Å². The number of hydrogen-bond donors (Lipinski definition) is 1. The molecule has 0 spiro atoms. The molecule has 1 aromatic rings. The van der Waals surface area contributed by atoms with Crippen LogP contribution >= 0.6 is 0 Å². The largest absolute Gasteiger partial charge is 0.378 e. The lowest BCUT2D eigenvalue weighted by atomic mass is 10.2. The predicted molar refractivity (Wildman–Crippen MR) is 67.0 cm³/mol.